The molecular formula is C30H38N4O3S. The molecule has 3 N–H and O–H groups in total. The Morgan fingerprint density at radius 1 is 1.13 bits per heavy atom. The van der Waals surface area contributed by atoms with Gasteiger partial charge >= 0.3 is 0 Å². The van der Waals surface area contributed by atoms with Crippen LogP contribution in [0.15, 0.2) is 60.1 Å². The van der Waals surface area contributed by atoms with Crippen LogP contribution in [0.4, 0.5) is 0 Å². The molecule has 1 aliphatic heterocycles. The number of benzene rings is 2. The fourth-order valence-corrected chi connectivity index (χ4v) is 5.74. The predicted octanol–water partition coefficient (Wildman–Crippen LogP) is 3.94. The van der Waals surface area contributed by atoms with Gasteiger partial charge in [-0.05, 0) is 42.5 Å². The van der Waals surface area contributed by atoms with E-state index < -0.39 is 18.2 Å². The number of thiazole rings is 1. The summed E-state index contributed by atoms with van der Waals surface area (Å²) in [5.74, 6) is -0.252. The number of amides is 2. The van der Waals surface area contributed by atoms with E-state index in [-0.39, 0.29) is 30.7 Å². The Balaban J connectivity index is 1.37. The number of aromatic nitrogens is 1. The van der Waals surface area contributed by atoms with Crippen LogP contribution in [0.1, 0.15) is 43.5 Å². The van der Waals surface area contributed by atoms with Gasteiger partial charge in [0.15, 0.2) is 0 Å². The van der Waals surface area contributed by atoms with Gasteiger partial charge in [-0.2, -0.15) is 0 Å². The minimum atomic E-state index is -0.710. The van der Waals surface area contributed by atoms with Crippen molar-refractivity contribution < 1.29 is 14.7 Å². The molecule has 8 heteroatoms. The Bertz CT molecular complexity index is 1200. The third kappa shape index (κ3) is 6.87. The first-order valence-corrected chi connectivity index (χ1v) is 14.3. The van der Waals surface area contributed by atoms with Crippen molar-refractivity contribution in [1.29, 1.82) is 0 Å². The summed E-state index contributed by atoms with van der Waals surface area (Å²) in [5, 5.41) is 16.8. The van der Waals surface area contributed by atoms with Gasteiger partial charge in [0.1, 0.15) is 6.04 Å². The number of rotatable bonds is 11. The van der Waals surface area contributed by atoms with Crippen molar-refractivity contribution in [2.24, 2.45) is 5.92 Å². The number of nitrogens with zero attached hydrogens (tertiary/aromatic N) is 2. The zero-order valence-corrected chi connectivity index (χ0v) is 23.2. The quantitative estimate of drug-likeness (QED) is 0.346. The summed E-state index contributed by atoms with van der Waals surface area (Å²) in [6, 6.07) is 17.1. The minimum absolute atomic E-state index is 0.0976. The van der Waals surface area contributed by atoms with Gasteiger partial charge in [0, 0.05) is 19.5 Å². The molecular weight excluding hydrogens is 496 g/mol. The summed E-state index contributed by atoms with van der Waals surface area (Å²) in [6.45, 7) is 7.31. The lowest BCUT2D eigenvalue weighted by Crippen LogP contribution is -2.54. The molecule has 0 saturated carbocycles. The maximum Gasteiger partial charge on any atom is 0.243 e. The van der Waals surface area contributed by atoms with E-state index in [9.17, 15) is 14.7 Å². The van der Waals surface area contributed by atoms with Crippen LogP contribution in [0.2, 0.25) is 0 Å². The second-order valence-electron chi connectivity index (χ2n) is 10.1. The van der Waals surface area contributed by atoms with Gasteiger partial charge in [0.2, 0.25) is 11.8 Å². The van der Waals surface area contributed by atoms with Crippen molar-refractivity contribution in [3.8, 4) is 10.4 Å². The lowest BCUT2D eigenvalue weighted by Gasteiger charge is -2.31. The summed E-state index contributed by atoms with van der Waals surface area (Å²) >= 11 is 1.61. The van der Waals surface area contributed by atoms with Crippen LogP contribution >= 0.6 is 11.3 Å². The Labute approximate surface area is 229 Å². The molecule has 2 aromatic carbocycles. The van der Waals surface area contributed by atoms with Crippen LogP contribution in [-0.2, 0) is 22.6 Å². The van der Waals surface area contributed by atoms with E-state index in [1.165, 1.54) is 5.56 Å². The van der Waals surface area contributed by atoms with Gasteiger partial charge in [-0.1, -0.05) is 74.9 Å². The van der Waals surface area contributed by atoms with Crippen LogP contribution < -0.4 is 10.6 Å². The summed E-state index contributed by atoms with van der Waals surface area (Å²) < 4.78 is 0. The molecule has 4 atom stereocenters. The summed E-state index contributed by atoms with van der Waals surface area (Å²) in [4.78, 5) is 33.9. The fourth-order valence-electron chi connectivity index (χ4n) is 4.93. The molecule has 2 heterocycles. The molecule has 0 bridgehead atoms. The van der Waals surface area contributed by atoms with Gasteiger partial charge in [-0.15, -0.1) is 11.3 Å². The number of β-amino-alcohol motifs (C(OH)–C–C–N with tert-alkyl or cyclic N) is 1. The highest BCUT2D eigenvalue weighted by Crippen LogP contribution is 2.27. The molecule has 1 aliphatic rings. The second kappa shape index (κ2) is 13.1. The Morgan fingerprint density at radius 3 is 2.53 bits per heavy atom. The number of hydrogen-bond donors (Lipinski definition) is 3. The molecule has 0 spiro atoms. The van der Waals surface area contributed by atoms with E-state index in [1.807, 2.05) is 54.9 Å². The second-order valence-corrected chi connectivity index (χ2v) is 11.0. The van der Waals surface area contributed by atoms with Crippen molar-refractivity contribution in [2.75, 3.05) is 13.1 Å². The van der Waals surface area contributed by atoms with Crippen molar-refractivity contribution in [3.05, 3.63) is 76.9 Å². The average molecular weight is 535 g/mol. The highest BCUT2D eigenvalue weighted by molar-refractivity contribution is 7.13. The van der Waals surface area contributed by atoms with Crippen molar-refractivity contribution in [2.45, 2.75) is 64.8 Å². The van der Waals surface area contributed by atoms with Crippen LogP contribution in [0.3, 0.4) is 0 Å². The third-order valence-electron chi connectivity index (χ3n) is 7.39. The molecule has 3 aromatic rings. The molecule has 4 rings (SSSR count). The Morgan fingerprint density at radius 2 is 1.87 bits per heavy atom. The number of aliphatic hydroxyl groups excluding tert-OH is 1. The maximum atomic E-state index is 13.7. The molecule has 1 fully saturated rings. The standard InChI is InChI=1S/C30H38N4O3S/c1-4-20(2)27(31-15-14-22-8-6-5-7-9-22)30(37)34-18-25(35)16-26(34)29(36)32-17-23-10-12-24(13-11-23)28-21(3)33-19-38-28/h5-13,19-20,25-27,31,35H,4,14-18H2,1-3H3,(H,32,36)/t20-,25+,26-,27-/m0/s1. The summed E-state index contributed by atoms with van der Waals surface area (Å²) in [5.41, 5.74) is 6.13. The van der Waals surface area contributed by atoms with E-state index in [0.717, 1.165) is 34.5 Å². The number of hydrogen-bond acceptors (Lipinski definition) is 6. The highest BCUT2D eigenvalue weighted by atomic mass is 32.1. The van der Waals surface area contributed by atoms with Gasteiger partial charge in [-0.25, -0.2) is 4.98 Å². The van der Waals surface area contributed by atoms with Crippen molar-refractivity contribution in [1.82, 2.24) is 20.5 Å². The van der Waals surface area contributed by atoms with E-state index >= 15 is 0 Å². The number of nitrogens with one attached hydrogen (secondary N) is 2. The number of aryl methyl sites for hydroxylation is 1. The molecule has 0 unspecified atom stereocenters. The minimum Gasteiger partial charge on any atom is -0.391 e. The number of likely N-dealkylation sites (tertiary alicyclic amines) is 1. The first-order valence-electron chi connectivity index (χ1n) is 13.4. The molecule has 7 nitrogen and oxygen atoms in total. The maximum absolute atomic E-state index is 13.7. The van der Waals surface area contributed by atoms with E-state index in [1.54, 1.807) is 16.2 Å². The first kappa shape index (κ1) is 28.0. The third-order valence-corrected chi connectivity index (χ3v) is 8.37. The van der Waals surface area contributed by atoms with Crippen molar-refractivity contribution >= 4 is 23.2 Å². The fraction of sp³-hybridized carbons (Fsp3) is 0.433. The molecule has 0 aliphatic carbocycles. The molecule has 1 aromatic heterocycles. The molecule has 38 heavy (non-hydrogen) atoms. The Kier molecular flexibility index (Phi) is 9.66. The van der Waals surface area contributed by atoms with E-state index in [2.05, 4.69) is 41.6 Å². The zero-order valence-electron chi connectivity index (χ0n) is 22.4. The van der Waals surface area contributed by atoms with Gasteiger partial charge in [-0.3, -0.25) is 9.59 Å². The van der Waals surface area contributed by atoms with Crippen molar-refractivity contribution in [3.63, 3.8) is 0 Å². The molecule has 2 amide bonds. The molecule has 0 radical (unpaired) electrons. The van der Waals surface area contributed by atoms with Gasteiger partial charge < -0.3 is 20.6 Å². The van der Waals surface area contributed by atoms with Crippen LogP contribution in [-0.4, -0.2) is 58.1 Å². The van der Waals surface area contributed by atoms with Crippen LogP contribution in [0.5, 0.6) is 0 Å². The van der Waals surface area contributed by atoms with Crippen LogP contribution in [0.25, 0.3) is 10.4 Å². The zero-order chi connectivity index (χ0) is 27.1. The SMILES string of the molecule is CC[C@H](C)[C@H](NCCc1ccccc1)C(=O)N1C[C@H](O)C[C@H]1C(=O)NCc1ccc(-c2scnc2C)cc1. The first-order chi connectivity index (χ1) is 18.4. The monoisotopic (exact) mass is 534 g/mol. The average Bonchev–Trinajstić information content (AvgIpc) is 3.55. The molecule has 1 saturated heterocycles. The normalized spacial score (nSPS) is 18.8. The largest absolute Gasteiger partial charge is 0.391 e. The topological polar surface area (TPSA) is 94.6 Å². The molecule has 202 valence electrons. The van der Waals surface area contributed by atoms with Gasteiger partial charge in [0.25, 0.3) is 0 Å². The number of aliphatic hydroxyl groups is 1. The summed E-state index contributed by atoms with van der Waals surface area (Å²) in [6.07, 6.45) is 1.19. The van der Waals surface area contributed by atoms with E-state index in [4.69, 9.17) is 0 Å². The Hall–Kier alpha value is -3.07. The lowest BCUT2D eigenvalue weighted by atomic mass is 9.97. The predicted molar refractivity (Wildman–Crippen MR) is 152 cm³/mol. The lowest BCUT2D eigenvalue weighted by molar-refractivity contribution is -0.141. The van der Waals surface area contributed by atoms with E-state index in [0.29, 0.717) is 13.1 Å². The highest BCUT2D eigenvalue weighted by Gasteiger charge is 2.41. The summed E-state index contributed by atoms with van der Waals surface area (Å²) in [7, 11) is 0. The smallest absolute Gasteiger partial charge is 0.243 e. The number of carbonyl (C=O) groups excluding carboxylic acids is 2. The van der Waals surface area contributed by atoms with Crippen LogP contribution in [0, 0.1) is 12.8 Å². The number of carbonyl (C=O) groups is 2. The van der Waals surface area contributed by atoms with Gasteiger partial charge in [0.05, 0.1) is 28.2 Å².